The van der Waals surface area contributed by atoms with E-state index >= 15 is 0 Å². The van der Waals surface area contributed by atoms with Crippen LogP contribution in [0.3, 0.4) is 0 Å². The van der Waals surface area contributed by atoms with Crippen LogP contribution in [-0.4, -0.2) is 67.8 Å². The third-order valence-electron chi connectivity index (χ3n) is 5.79. The second kappa shape index (κ2) is 8.49. The summed E-state index contributed by atoms with van der Waals surface area (Å²) in [5, 5.41) is 0. The monoisotopic (exact) mass is 431 g/mol. The van der Waals surface area contributed by atoms with Crippen molar-refractivity contribution in [2.45, 2.75) is 31.7 Å². The van der Waals surface area contributed by atoms with Gasteiger partial charge in [-0.1, -0.05) is 12.1 Å². The highest BCUT2D eigenvalue weighted by Crippen LogP contribution is 2.40. The molecule has 9 heteroatoms. The molecule has 0 aliphatic carbocycles. The second-order valence-electron chi connectivity index (χ2n) is 7.98. The van der Waals surface area contributed by atoms with Crippen LogP contribution < -0.4 is 9.64 Å². The average molecular weight is 432 g/mol. The van der Waals surface area contributed by atoms with E-state index in [1.807, 2.05) is 43.3 Å². The molecule has 162 valence electrons. The van der Waals surface area contributed by atoms with E-state index in [4.69, 9.17) is 9.72 Å². The first kappa shape index (κ1) is 21.0. The molecule has 2 fully saturated rings. The summed E-state index contributed by atoms with van der Waals surface area (Å²) in [6.07, 6.45) is 5.20. The molecule has 0 spiro atoms. The zero-order valence-corrected chi connectivity index (χ0v) is 18.6. The highest BCUT2D eigenvalue weighted by Gasteiger charge is 2.41. The predicted octanol–water partition coefficient (Wildman–Crippen LogP) is 2.70. The van der Waals surface area contributed by atoms with E-state index in [0.717, 1.165) is 48.3 Å². The van der Waals surface area contributed by atoms with Gasteiger partial charge in [-0.05, 0) is 43.4 Å². The number of nitrogens with zero attached hydrogens (tertiary/aromatic N) is 5. The Labute approximate surface area is 178 Å². The van der Waals surface area contributed by atoms with Crippen LogP contribution in [0.4, 0.5) is 5.95 Å². The lowest BCUT2D eigenvalue weighted by Gasteiger charge is -2.29. The summed E-state index contributed by atoms with van der Waals surface area (Å²) in [6.45, 7) is 1.71. The van der Waals surface area contributed by atoms with E-state index in [-0.39, 0.29) is 6.04 Å². The number of benzene rings is 1. The standard InChI is InChI=1S/C21H29N5O3S/c1-24(2)21-22-15-18(16-8-6-9-17(14-16)29-3)20(23-21)19-10-7-13-26(19)30(27,28)25-11-4-5-12-25/h6,8-9,14-15,19H,4-5,7,10-13H2,1-3H3/t19-/m0/s1. The average Bonchev–Trinajstić information content (AvgIpc) is 3.46. The molecule has 3 heterocycles. The summed E-state index contributed by atoms with van der Waals surface area (Å²) in [5.41, 5.74) is 2.51. The molecular formula is C21H29N5O3S. The molecule has 2 aliphatic rings. The molecule has 0 bridgehead atoms. The first-order chi connectivity index (χ1) is 14.4. The van der Waals surface area contributed by atoms with Crippen LogP contribution in [0.15, 0.2) is 30.5 Å². The molecule has 2 saturated heterocycles. The molecule has 1 atom stereocenters. The van der Waals surface area contributed by atoms with Gasteiger partial charge in [0.05, 0.1) is 18.8 Å². The molecule has 4 rings (SSSR count). The minimum absolute atomic E-state index is 0.307. The fourth-order valence-electron chi connectivity index (χ4n) is 4.22. The van der Waals surface area contributed by atoms with Gasteiger partial charge in [-0.25, -0.2) is 9.97 Å². The van der Waals surface area contributed by atoms with Crippen LogP contribution in [0.1, 0.15) is 37.4 Å². The molecule has 0 amide bonds. The van der Waals surface area contributed by atoms with Crippen LogP contribution in [0, 0.1) is 0 Å². The summed E-state index contributed by atoms with van der Waals surface area (Å²) in [5.74, 6) is 1.31. The number of ether oxygens (including phenoxy) is 1. The minimum Gasteiger partial charge on any atom is -0.497 e. The molecule has 0 radical (unpaired) electrons. The van der Waals surface area contributed by atoms with E-state index in [9.17, 15) is 8.42 Å². The molecule has 0 N–H and O–H groups in total. The van der Waals surface area contributed by atoms with E-state index < -0.39 is 10.2 Å². The molecule has 1 aromatic carbocycles. The van der Waals surface area contributed by atoms with Gasteiger partial charge in [0.2, 0.25) is 5.95 Å². The van der Waals surface area contributed by atoms with Crippen molar-refractivity contribution in [2.75, 3.05) is 45.7 Å². The molecule has 2 aromatic rings. The molecule has 2 aliphatic heterocycles. The summed E-state index contributed by atoms with van der Waals surface area (Å²) >= 11 is 0. The highest BCUT2D eigenvalue weighted by molar-refractivity contribution is 7.86. The van der Waals surface area contributed by atoms with Crippen molar-refractivity contribution in [1.82, 2.24) is 18.6 Å². The van der Waals surface area contributed by atoms with Gasteiger partial charge < -0.3 is 9.64 Å². The maximum absolute atomic E-state index is 13.4. The van der Waals surface area contributed by atoms with Crippen molar-refractivity contribution in [3.05, 3.63) is 36.2 Å². The molecule has 0 saturated carbocycles. The number of rotatable bonds is 6. The SMILES string of the molecule is COc1cccc(-c2cnc(N(C)C)nc2[C@@H]2CCCN2S(=O)(=O)N2CCCC2)c1. The second-order valence-corrected chi connectivity index (χ2v) is 9.86. The summed E-state index contributed by atoms with van der Waals surface area (Å²) in [7, 11) is 1.89. The van der Waals surface area contributed by atoms with Crippen molar-refractivity contribution in [1.29, 1.82) is 0 Å². The highest BCUT2D eigenvalue weighted by atomic mass is 32.2. The number of hydrogen-bond donors (Lipinski definition) is 0. The van der Waals surface area contributed by atoms with Gasteiger partial charge in [0.1, 0.15) is 5.75 Å². The van der Waals surface area contributed by atoms with E-state index in [1.165, 1.54) is 0 Å². The van der Waals surface area contributed by atoms with Crippen LogP contribution in [0.2, 0.25) is 0 Å². The maximum Gasteiger partial charge on any atom is 0.282 e. The smallest absolute Gasteiger partial charge is 0.282 e. The predicted molar refractivity (Wildman–Crippen MR) is 117 cm³/mol. The lowest BCUT2D eigenvalue weighted by molar-refractivity contribution is 0.345. The Balaban J connectivity index is 1.80. The lowest BCUT2D eigenvalue weighted by atomic mass is 10.00. The molecule has 1 aromatic heterocycles. The Hall–Kier alpha value is -2.23. The molecule has 0 unspecified atom stereocenters. The Bertz CT molecular complexity index is 1010. The Morgan fingerprint density at radius 3 is 2.60 bits per heavy atom. The van der Waals surface area contributed by atoms with Crippen LogP contribution in [0.25, 0.3) is 11.1 Å². The third-order valence-corrected chi connectivity index (χ3v) is 7.84. The summed E-state index contributed by atoms with van der Waals surface area (Å²) < 4.78 is 35.4. The number of aromatic nitrogens is 2. The van der Waals surface area contributed by atoms with Crippen molar-refractivity contribution < 1.29 is 13.2 Å². The quantitative estimate of drug-likeness (QED) is 0.700. The van der Waals surface area contributed by atoms with Crippen LogP contribution >= 0.6 is 0 Å². The largest absolute Gasteiger partial charge is 0.497 e. The van der Waals surface area contributed by atoms with Crippen molar-refractivity contribution in [3.8, 4) is 16.9 Å². The molecular weight excluding hydrogens is 402 g/mol. The van der Waals surface area contributed by atoms with E-state index in [2.05, 4.69) is 4.98 Å². The Kier molecular flexibility index (Phi) is 5.95. The van der Waals surface area contributed by atoms with Gasteiger partial charge in [-0.15, -0.1) is 0 Å². The number of hydrogen-bond acceptors (Lipinski definition) is 6. The minimum atomic E-state index is -3.51. The van der Waals surface area contributed by atoms with Crippen molar-refractivity contribution in [2.24, 2.45) is 0 Å². The Morgan fingerprint density at radius 1 is 1.13 bits per heavy atom. The van der Waals surface area contributed by atoms with Gasteiger partial charge >= 0.3 is 0 Å². The number of methoxy groups -OCH3 is 1. The summed E-state index contributed by atoms with van der Waals surface area (Å²) in [6, 6.07) is 7.42. The fourth-order valence-corrected chi connectivity index (χ4v) is 6.13. The van der Waals surface area contributed by atoms with Gasteiger partial charge in [0.25, 0.3) is 10.2 Å². The van der Waals surface area contributed by atoms with E-state index in [1.54, 1.807) is 21.9 Å². The topological polar surface area (TPSA) is 78.9 Å². The van der Waals surface area contributed by atoms with Gasteiger partial charge in [-0.2, -0.15) is 17.0 Å². The van der Waals surface area contributed by atoms with Gasteiger partial charge in [-0.3, -0.25) is 0 Å². The third kappa shape index (κ3) is 3.89. The molecule has 30 heavy (non-hydrogen) atoms. The normalized spacial score (nSPS) is 20.6. The van der Waals surface area contributed by atoms with Gasteiger partial charge in [0.15, 0.2) is 0 Å². The zero-order chi connectivity index (χ0) is 21.3. The fraction of sp³-hybridized carbons (Fsp3) is 0.524. The zero-order valence-electron chi connectivity index (χ0n) is 17.8. The Morgan fingerprint density at radius 2 is 1.90 bits per heavy atom. The maximum atomic E-state index is 13.4. The summed E-state index contributed by atoms with van der Waals surface area (Å²) in [4.78, 5) is 11.2. The lowest BCUT2D eigenvalue weighted by Crippen LogP contribution is -2.42. The first-order valence-electron chi connectivity index (χ1n) is 10.4. The van der Waals surface area contributed by atoms with Crippen LogP contribution in [0.5, 0.6) is 5.75 Å². The van der Waals surface area contributed by atoms with Crippen LogP contribution in [-0.2, 0) is 10.2 Å². The number of anilines is 1. The van der Waals surface area contributed by atoms with Crippen molar-refractivity contribution in [3.63, 3.8) is 0 Å². The van der Waals surface area contributed by atoms with Gasteiger partial charge in [0, 0.05) is 45.5 Å². The van der Waals surface area contributed by atoms with E-state index in [0.29, 0.717) is 25.6 Å². The first-order valence-corrected chi connectivity index (χ1v) is 11.8. The molecule has 8 nitrogen and oxygen atoms in total. The van der Waals surface area contributed by atoms with Crippen molar-refractivity contribution >= 4 is 16.2 Å².